The maximum atomic E-state index is 11.9. The molecule has 0 aliphatic carbocycles. The van der Waals surface area contributed by atoms with Crippen LogP contribution in [0.3, 0.4) is 0 Å². The van der Waals surface area contributed by atoms with Crippen molar-refractivity contribution in [1.29, 1.82) is 0 Å². The summed E-state index contributed by atoms with van der Waals surface area (Å²) in [7, 11) is 0. The van der Waals surface area contributed by atoms with Crippen LogP contribution >= 0.6 is 22.6 Å². The molecule has 0 atom stereocenters. The van der Waals surface area contributed by atoms with Gasteiger partial charge in [-0.15, -0.1) is 0 Å². The number of pyridine rings is 1. The summed E-state index contributed by atoms with van der Waals surface area (Å²) in [5.74, 6) is 0. The molecule has 0 saturated carbocycles. The number of hydrogen-bond acceptors (Lipinski definition) is 1. The van der Waals surface area contributed by atoms with Crippen molar-refractivity contribution >= 4 is 22.6 Å². The van der Waals surface area contributed by atoms with Crippen molar-refractivity contribution in [2.75, 3.05) is 0 Å². The first-order valence-electron chi connectivity index (χ1n) is 2.60. The number of alkyl halides is 2. The summed E-state index contributed by atoms with van der Waals surface area (Å²) in [5, 5.41) is 0. The molecule has 0 spiro atoms. The summed E-state index contributed by atoms with van der Waals surface area (Å²) in [4.78, 5) is 3.78. The van der Waals surface area contributed by atoms with Gasteiger partial charge >= 0.3 is 0 Å². The Kier molecular flexibility index (Phi) is 2.53. The highest BCUT2D eigenvalue weighted by atomic mass is 127. The summed E-state index contributed by atoms with van der Waals surface area (Å²) < 4.78 is 24.4. The molecule has 1 aromatic rings. The second-order valence-corrected chi connectivity index (χ2v) is 2.82. The summed E-state index contributed by atoms with van der Waals surface area (Å²) in [6.45, 7) is 0. The minimum absolute atomic E-state index is 0.0272. The lowest BCUT2D eigenvalue weighted by Crippen LogP contribution is -1.86. The lowest BCUT2D eigenvalue weighted by Gasteiger charge is -1.96. The highest BCUT2D eigenvalue weighted by Crippen LogP contribution is 2.18. The van der Waals surface area contributed by atoms with Gasteiger partial charge in [-0.2, -0.15) is 0 Å². The van der Waals surface area contributed by atoms with Gasteiger partial charge in [0.15, 0.2) is 0 Å². The van der Waals surface area contributed by atoms with E-state index in [4.69, 9.17) is 0 Å². The minimum atomic E-state index is -2.39. The molecule has 4 heteroatoms. The quantitative estimate of drug-likeness (QED) is 0.555. The Hall–Kier alpha value is -0.260. The average Bonchev–Trinajstić information content (AvgIpc) is 1.88. The van der Waals surface area contributed by atoms with Gasteiger partial charge in [0, 0.05) is 11.8 Å². The third-order valence-corrected chi connectivity index (χ3v) is 1.59. The van der Waals surface area contributed by atoms with Crippen LogP contribution in [0.1, 0.15) is 12.0 Å². The molecule has 0 radical (unpaired) electrons. The lowest BCUT2D eigenvalue weighted by atomic mass is 10.3. The summed E-state index contributed by atoms with van der Waals surface area (Å²) in [6, 6.07) is 2.68. The molecule has 1 aromatic heterocycles. The van der Waals surface area contributed by atoms with Gasteiger partial charge in [0.1, 0.15) is 3.70 Å². The van der Waals surface area contributed by atoms with Crippen LogP contribution in [0.4, 0.5) is 8.78 Å². The van der Waals surface area contributed by atoms with Gasteiger partial charge in [-0.1, -0.05) is 0 Å². The molecule has 0 bridgehead atoms. The third kappa shape index (κ3) is 1.86. The number of aromatic nitrogens is 1. The maximum Gasteiger partial charge on any atom is 0.263 e. The molecule has 0 amide bonds. The van der Waals surface area contributed by atoms with E-state index in [9.17, 15) is 8.78 Å². The highest BCUT2D eigenvalue weighted by Gasteiger charge is 2.05. The first-order valence-corrected chi connectivity index (χ1v) is 3.67. The molecule has 1 heterocycles. The Morgan fingerprint density at radius 1 is 1.50 bits per heavy atom. The standard InChI is InChI=1S/C6H4F2IN/c7-6(8)4-1-2-10-5(9)3-4/h1-3,6H. The van der Waals surface area contributed by atoms with Crippen molar-refractivity contribution < 1.29 is 8.78 Å². The molecule has 0 aromatic carbocycles. The topological polar surface area (TPSA) is 12.9 Å². The Balaban J connectivity index is 2.96. The van der Waals surface area contributed by atoms with Crippen molar-refractivity contribution in [2.45, 2.75) is 6.43 Å². The van der Waals surface area contributed by atoms with Crippen molar-refractivity contribution in [2.24, 2.45) is 0 Å². The molecule has 0 unspecified atom stereocenters. The van der Waals surface area contributed by atoms with E-state index in [1.54, 1.807) is 0 Å². The lowest BCUT2D eigenvalue weighted by molar-refractivity contribution is 0.151. The predicted octanol–water partition coefficient (Wildman–Crippen LogP) is 2.62. The van der Waals surface area contributed by atoms with Crippen LogP contribution in [-0.4, -0.2) is 4.98 Å². The fraction of sp³-hybridized carbons (Fsp3) is 0.167. The third-order valence-electron chi connectivity index (χ3n) is 1.00. The van der Waals surface area contributed by atoms with Crippen LogP contribution in [-0.2, 0) is 0 Å². The molecule has 10 heavy (non-hydrogen) atoms. The molecule has 1 nitrogen and oxygen atoms in total. The number of halogens is 3. The molecule has 54 valence electrons. The fourth-order valence-corrected chi connectivity index (χ4v) is 1.07. The van der Waals surface area contributed by atoms with Crippen LogP contribution < -0.4 is 0 Å². The van der Waals surface area contributed by atoms with Gasteiger partial charge in [0.05, 0.1) is 0 Å². The van der Waals surface area contributed by atoms with Crippen LogP contribution in [0.15, 0.2) is 18.3 Å². The Labute approximate surface area is 70.6 Å². The van der Waals surface area contributed by atoms with Gasteiger partial charge in [-0.05, 0) is 34.7 Å². The number of hydrogen-bond donors (Lipinski definition) is 0. The zero-order valence-electron chi connectivity index (χ0n) is 4.89. The summed E-state index contributed by atoms with van der Waals surface area (Å²) in [6.07, 6.45) is -1.01. The first kappa shape index (κ1) is 7.84. The van der Waals surface area contributed by atoms with E-state index in [0.717, 1.165) is 0 Å². The van der Waals surface area contributed by atoms with E-state index in [0.29, 0.717) is 3.70 Å². The Morgan fingerprint density at radius 3 is 2.60 bits per heavy atom. The van der Waals surface area contributed by atoms with Gasteiger partial charge in [0.2, 0.25) is 0 Å². The molecular formula is C6H4F2IN. The van der Waals surface area contributed by atoms with Gasteiger partial charge < -0.3 is 0 Å². The summed E-state index contributed by atoms with van der Waals surface area (Å²) >= 11 is 1.89. The molecule has 0 fully saturated rings. The van der Waals surface area contributed by atoms with Crippen LogP contribution in [0.5, 0.6) is 0 Å². The summed E-state index contributed by atoms with van der Waals surface area (Å²) in [5.41, 5.74) is 0.0272. The molecular weight excluding hydrogens is 251 g/mol. The van der Waals surface area contributed by atoms with Gasteiger partial charge in [-0.25, -0.2) is 8.78 Å². The number of rotatable bonds is 1. The van der Waals surface area contributed by atoms with Crippen molar-refractivity contribution in [3.8, 4) is 0 Å². The molecule has 1 rings (SSSR count). The highest BCUT2D eigenvalue weighted by molar-refractivity contribution is 14.1. The minimum Gasteiger partial charge on any atom is -0.250 e. The van der Waals surface area contributed by atoms with Crippen molar-refractivity contribution in [3.63, 3.8) is 0 Å². The predicted molar refractivity (Wildman–Crippen MR) is 41.9 cm³/mol. The Bertz CT molecular complexity index is 227. The SMILES string of the molecule is FC(F)c1ccnc(I)c1. The van der Waals surface area contributed by atoms with Crippen LogP contribution in [0, 0.1) is 3.70 Å². The smallest absolute Gasteiger partial charge is 0.250 e. The molecule has 0 aliphatic heterocycles. The van der Waals surface area contributed by atoms with Crippen LogP contribution in [0.25, 0.3) is 0 Å². The van der Waals surface area contributed by atoms with E-state index >= 15 is 0 Å². The van der Waals surface area contributed by atoms with Crippen molar-refractivity contribution in [1.82, 2.24) is 4.98 Å². The molecule has 0 aliphatic rings. The monoisotopic (exact) mass is 255 g/mol. The van der Waals surface area contributed by atoms with E-state index < -0.39 is 6.43 Å². The normalized spacial score (nSPS) is 10.4. The van der Waals surface area contributed by atoms with Gasteiger partial charge in [0.25, 0.3) is 6.43 Å². The van der Waals surface area contributed by atoms with E-state index in [2.05, 4.69) is 4.98 Å². The largest absolute Gasteiger partial charge is 0.263 e. The second kappa shape index (κ2) is 3.23. The van der Waals surface area contributed by atoms with Gasteiger partial charge in [-0.3, -0.25) is 4.98 Å². The second-order valence-electron chi connectivity index (χ2n) is 1.71. The molecule has 0 saturated heterocycles. The van der Waals surface area contributed by atoms with E-state index in [1.165, 1.54) is 18.3 Å². The maximum absolute atomic E-state index is 11.9. The van der Waals surface area contributed by atoms with Crippen LogP contribution in [0.2, 0.25) is 0 Å². The van der Waals surface area contributed by atoms with Crippen molar-refractivity contribution in [3.05, 3.63) is 27.6 Å². The molecule has 0 N–H and O–H groups in total. The first-order chi connectivity index (χ1) is 4.70. The zero-order chi connectivity index (χ0) is 7.56. The van der Waals surface area contributed by atoms with E-state index in [1.807, 2.05) is 22.6 Å². The fourth-order valence-electron chi connectivity index (χ4n) is 0.553. The van der Waals surface area contributed by atoms with E-state index in [-0.39, 0.29) is 5.56 Å². The Morgan fingerprint density at radius 2 is 2.20 bits per heavy atom. The zero-order valence-corrected chi connectivity index (χ0v) is 7.05. The average molecular weight is 255 g/mol. The number of nitrogens with zero attached hydrogens (tertiary/aromatic N) is 1.